The number of hydrogen-bond acceptors (Lipinski definition) is 3. The Balaban J connectivity index is 2.06. The second kappa shape index (κ2) is 5.02. The molecule has 0 spiro atoms. The average Bonchev–Trinajstić information content (AvgIpc) is 2.35. The van der Waals surface area contributed by atoms with Crippen LogP contribution in [0.1, 0.15) is 12.8 Å². The zero-order chi connectivity index (χ0) is 12.3. The molecule has 0 atom stereocenters. The molecule has 0 aliphatic carbocycles. The second-order valence-electron chi connectivity index (χ2n) is 4.92. The van der Waals surface area contributed by atoms with E-state index in [-0.39, 0.29) is 11.4 Å². The lowest BCUT2D eigenvalue weighted by atomic mass is 9.87. The third kappa shape index (κ3) is 2.96. The van der Waals surface area contributed by atoms with E-state index in [0.717, 1.165) is 31.6 Å². The highest BCUT2D eigenvalue weighted by atomic mass is 19.1. The first-order chi connectivity index (χ1) is 8.13. The van der Waals surface area contributed by atoms with Gasteiger partial charge in [-0.2, -0.15) is 0 Å². The van der Waals surface area contributed by atoms with Gasteiger partial charge in [0.25, 0.3) is 0 Å². The van der Waals surface area contributed by atoms with Gasteiger partial charge >= 0.3 is 0 Å². The summed E-state index contributed by atoms with van der Waals surface area (Å²) in [7, 11) is 2.12. The lowest BCUT2D eigenvalue weighted by Gasteiger charge is -2.41. The molecule has 1 aliphatic rings. The second-order valence-corrected chi connectivity index (χ2v) is 4.92. The molecule has 1 saturated heterocycles. The Morgan fingerprint density at radius 3 is 2.41 bits per heavy atom. The Labute approximate surface area is 102 Å². The average molecular weight is 237 g/mol. The van der Waals surface area contributed by atoms with Crippen LogP contribution in [0.15, 0.2) is 24.3 Å². The summed E-state index contributed by atoms with van der Waals surface area (Å²) >= 11 is 0. The van der Waals surface area contributed by atoms with Crippen LogP contribution in [-0.2, 0) is 0 Å². The van der Waals surface area contributed by atoms with Gasteiger partial charge in [-0.15, -0.1) is 0 Å². The minimum Gasteiger partial charge on any atom is -0.378 e. The standard InChI is InChI=1S/C13H20FN3/c1-17-8-6-13(10-15,7-9-17)16-12-4-2-11(14)3-5-12/h2-5,16H,6-10,15H2,1H3. The summed E-state index contributed by atoms with van der Waals surface area (Å²) in [6.45, 7) is 2.70. The molecule has 3 N–H and O–H groups in total. The minimum atomic E-state index is -0.208. The molecule has 0 saturated carbocycles. The van der Waals surface area contributed by atoms with Gasteiger partial charge < -0.3 is 16.0 Å². The molecule has 1 aromatic rings. The van der Waals surface area contributed by atoms with E-state index in [0.29, 0.717) is 6.54 Å². The third-order valence-corrected chi connectivity index (χ3v) is 3.59. The molecule has 3 nitrogen and oxygen atoms in total. The Hall–Kier alpha value is -1.13. The normalized spacial score (nSPS) is 20.2. The van der Waals surface area contributed by atoms with Crippen LogP contribution in [0.4, 0.5) is 10.1 Å². The lowest BCUT2D eigenvalue weighted by molar-refractivity contribution is 0.209. The van der Waals surface area contributed by atoms with Gasteiger partial charge in [0.15, 0.2) is 0 Å². The Morgan fingerprint density at radius 1 is 1.29 bits per heavy atom. The van der Waals surface area contributed by atoms with Crippen molar-refractivity contribution in [1.82, 2.24) is 4.90 Å². The topological polar surface area (TPSA) is 41.3 Å². The summed E-state index contributed by atoms with van der Waals surface area (Å²) in [4.78, 5) is 2.31. The molecule has 0 unspecified atom stereocenters. The Bertz CT molecular complexity index is 355. The van der Waals surface area contributed by atoms with E-state index in [2.05, 4.69) is 17.3 Å². The highest BCUT2D eigenvalue weighted by molar-refractivity contribution is 5.45. The quantitative estimate of drug-likeness (QED) is 0.840. The Kier molecular flexibility index (Phi) is 3.64. The van der Waals surface area contributed by atoms with Crippen molar-refractivity contribution in [1.29, 1.82) is 0 Å². The number of likely N-dealkylation sites (tertiary alicyclic amines) is 1. The van der Waals surface area contributed by atoms with E-state index in [4.69, 9.17) is 5.73 Å². The van der Waals surface area contributed by atoms with Crippen LogP contribution >= 0.6 is 0 Å². The van der Waals surface area contributed by atoms with Crippen LogP contribution in [0, 0.1) is 5.82 Å². The maximum Gasteiger partial charge on any atom is 0.123 e. The van der Waals surface area contributed by atoms with Gasteiger partial charge in [-0.05, 0) is 44.2 Å². The molecule has 1 heterocycles. The smallest absolute Gasteiger partial charge is 0.123 e. The fourth-order valence-electron chi connectivity index (χ4n) is 2.27. The highest BCUT2D eigenvalue weighted by Gasteiger charge is 2.32. The molecule has 0 aromatic heterocycles. The van der Waals surface area contributed by atoms with Crippen LogP contribution in [0.3, 0.4) is 0 Å². The van der Waals surface area contributed by atoms with Crippen molar-refractivity contribution >= 4 is 5.69 Å². The maximum absolute atomic E-state index is 12.8. The van der Waals surface area contributed by atoms with E-state index in [1.807, 2.05) is 0 Å². The molecule has 94 valence electrons. The van der Waals surface area contributed by atoms with Crippen LogP contribution in [-0.4, -0.2) is 37.1 Å². The van der Waals surface area contributed by atoms with Gasteiger partial charge in [0.2, 0.25) is 0 Å². The van der Waals surface area contributed by atoms with Crippen molar-refractivity contribution in [2.75, 3.05) is 32.0 Å². The number of nitrogens with zero attached hydrogens (tertiary/aromatic N) is 1. The number of halogens is 1. The summed E-state index contributed by atoms with van der Waals surface area (Å²) in [6, 6.07) is 6.49. The fraction of sp³-hybridized carbons (Fsp3) is 0.538. The summed E-state index contributed by atoms with van der Waals surface area (Å²) in [6.07, 6.45) is 2.05. The highest BCUT2D eigenvalue weighted by Crippen LogP contribution is 2.25. The SMILES string of the molecule is CN1CCC(CN)(Nc2ccc(F)cc2)CC1. The zero-order valence-electron chi connectivity index (χ0n) is 10.2. The van der Waals surface area contributed by atoms with Crippen molar-refractivity contribution in [3.63, 3.8) is 0 Å². The van der Waals surface area contributed by atoms with Gasteiger partial charge in [-0.25, -0.2) is 4.39 Å². The summed E-state index contributed by atoms with van der Waals surface area (Å²) < 4.78 is 12.8. The molecule has 4 heteroatoms. The fourth-order valence-corrected chi connectivity index (χ4v) is 2.27. The number of benzene rings is 1. The molecular formula is C13H20FN3. The van der Waals surface area contributed by atoms with E-state index in [1.165, 1.54) is 12.1 Å². The van der Waals surface area contributed by atoms with Gasteiger partial charge in [-0.3, -0.25) is 0 Å². The number of anilines is 1. The number of rotatable bonds is 3. The van der Waals surface area contributed by atoms with Crippen LogP contribution in [0.25, 0.3) is 0 Å². The summed E-state index contributed by atoms with van der Waals surface area (Å²) in [5.74, 6) is -0.208. The Morgan fingerprint density at radius 2 is 1.88 bits per heavy atom. The molecule has 2 rings (SSSR count). The summed E-state index contributed by atoms with van der Waals surface area (Å²) in [5, 5.41) is 3.47. The van der Waals surface area contributed by atoms with Gasteiger partial charge in [0.05, 0.1) is 5.54 Å². The molecule has 0 amide bonds. The van der Waals surface area contributed by atoms with Crippen LogP contribution in [0.2, 0.25) is 0 Å². The predicted octanol–water partition coefficient (Wildman–Crippen LogP) is 1.66. The first-order valence-electron chi connectivity index (χ1n) is 6.06. The van der Waals surface area contributed by atoms with E-state index in [1.54, 1.807) is 12.1 Å². The van der Waals surface area contributed by atoms with E-state index >= 15 is 0 Å². The lowest BCUT2D eigenvalue weighted by Crippen LogP contribution is -2.52. The van der Waals surface area contributed by atoms with Gasteiger partial charge in [-0.1, -0.05) is 0 Å². The van der Waals surface area contributed by atoms with Crippen molar-refractivity contribution in [2.45, 2.75) is 18.4 Å². The number of nitrogens with one attached hydrogen (secondary N) is 1. The number of hydrogen-bond donors (Lipinski definition) is 2. The molecule has 1 aliphatic heterocycles. The first kappa shape index (κ1) is 12.3. The maximum atomic E-state index is 12.8. The number of nitrogens with two attached hydrogens (primary N) is 1. The molecule has 17 heavy (non-hydrogen) atoms. The van der Waals surface area contributed by atoms with Crippen molar-refractivity contribution < 1.29 is 4.39 Å². The number of piperidine rings is 1. The predicted molar refractivity (Wildman–Crippen MR) is 68.5 cm³/mol. The minimum absolute atomic E-state index is 0.0374. The van der Waals surface area contributed by atoms with Crippen LogP contribution < -0.4 is 11.1 Å². The molecule has 0 bridgehead atoms. The monoisotopic (exact) mass is 237 g/mol. The van der Waals surface area contributed by atoms with Crippen LogP contribution in [0.5, 0.6) is 0 Å². The van der Waals surface area contributed by atoms with Gasteiger partial charge in [0, 0.05) is 25.3 Å². The first-order valence-corrected chi connectivity index (χ1v) is 6.06. The molecule has 1 aromatic carbocycles. The molecule has 1 fully saturated rings. The third-order valence-electron chi connectivity index (χ3n) is 3.59. The molecule has 0 radical (unpaired) electrons. The summed E-state index contributed by atoms with van der Waals surface area (Å²) in [5.41, 5.74) is 6.81. The zero-order valence-corrected chi connectivity index (χ0v) is 10.2. The van der Waals surface area contributed by atoms with Crippen molar-refractivity contribution in [2.24, 2.45) is 5.73 Å². The van der Waals surface area contributed by atoms with E-state index in [9.17, 15) is 4.39 Å². The molecular weight excluding hydrogens is 217 g/mol. The largest absolute Gasteiger partial charge is 0.378 e. The van der Waals surface area contributed by atoms with Crippen molar-refractivity contribution in [3.8, 4) is 0 Å². The van der Waals surface area contributed by atoms with Gasteiger partial charge in [0.1, 0.15) is 5.82 Å². The van der Waals surface area contributed by atoms with Crippen molar-refractivity contribution in [3.05, 3.63) is 30.1 Å². The van der Waals surface area contributed by atoms with E-state index < -0.39 is 0 Å².